The molecule has 3 rings (SSSR count). The van der Waals surface area contributed by atoms with E-state index in [-0.39, 0.29) is 18.0 Å². The quantitative estimate of drug-likeness (QED) is 0.655. The van der Waals surface area contributed by atoms with Crippen molar-refractivity contribution < 1.29 is 14.4 Å². The van der Waals surface area contributed by atoms with Crippen LogP contribution in [0, 0.1) is 5.92 Å². The smallest absolute Gasteiger partial charge is 0.201 e. The topological polar surface area (TPSA) is 55.7 Å². The maximum Gasteiger partial charge on any atom is 0.201 e. The molecule has 0 bridgehead atoms. The van der Waals surface area contributed by atoms with Crippen LogP contribution in [0.4, 0.5) is 0 Å². The standard InChI is InChI=1S/C12H9NO3/c14-8-6-9(15)12-10(8)11(13-16-12)7-4-2-1-3-5-7/h1-5,10,12H,6H2. The van der Waals surface area contributed by atoms with Crippen LogP contribution in [0.15, 0.2) is 35.5 Å². The van der Waals surface area contributed by atoms with Crippen LogP contribution in [-0.4, -0.2) is 23.4 Å². The summed E-state index contributed by atoms with van der Waals surface area (Å²) < 4.78 is 0. The van der Waals surface area contributed by atoms with Crippen molar-refractivity contribution >= 4 is 17.3 Å². The van der Waals surface area contributed by atoms with Crippen LogP contribution in [0.2, 0.25) is 0 Å². The van der Waals surface area contributed by atoms with Gasteiger partial charge in [0.25, 0.3) is 0 Å². The Balaban J connectivity index is 2.00. The van der Waals surface area contributed by atoms with E-state index < -0.39 is 12.0 Å². The first-order valence-corrected chi connectivity index (χ1v) is 5.12. The Morgan fingerprint density at radius 1 is 1.12 bits per heavy atom. The lowest BCUT2D eigenvalue weighted by atomic mass is 9.94. The van der Waals surface area contributed by atoms with Gasteiger partial charge < -0.3 is 4.84 Å². The van der Waals surface area contributed by atoms with E-state index in [9.17, 15) is 9.59 Å². The highest BCUT2D eigenvalue weighted by Crippen LogP contribution is 2.31. The second-order valence-corrected chi connectivity index (χ2v) is 3.96. The van der Waals surface area contributed by atoms with Crippen molar-refractivity contribution in [2.75, 3.05) is 0 Å². The van der Waals surface area contributed by atoms with Gasteiger partial charge in [-0.2, -0.15) is 0 Å². The average molecular weight is 215 g/mol. The number of carbonyl (C=O) groups is 2. The van der Waals surface area contributed by atoms with Gasteiger partial charge in [0.15, 0.2) is 11.6 Å². The Kier molecular flexibility index (Phi) is 1.89. The van der Waals surface area contributed by atoms with Crippen molar-refractivity contribution in [3.8, 4) is 0 Å². The van der Waals surface area contributed by atoms with E-state index in [4.69, 9.17) is 4.84 Å². The van der Waals surface area contributed by atoms with Crippen LogP contribution in [-0.2, 0) is 14.4 Å². The van der Waals surface area contributed by atoms with Gasteiger partial charge in [0.1, 0.15) is 11.6 Å². The van der Waals surface area contributed by atoms with Gasteiger partial charge >= 0.3 is 0 Å². The first-order valence-electron chi connectivity index (χ1n) is 5.12. The molecule has 4 heteroatoms. The number of benzene rings is 1. The lowest BCUT2D eigenvalue weighted by Gasteiger charge is -2.06. The van der Waals surface area contributed by atoms with Gasteiger partial charge in [0.2, 0.25) is 6.10 Å². The van der Waals surface area contributed by atoms with Crippen molar-refractivity contribution in [2.24, 2.45) is 11.1 Å². The molecule has 0 spiro atoms. The van der Waals surface area contributed by atoms with Gasteiger partial charge in [0, 0.05) is 5.56 Å². The fourth-order valence-electron chi connectivity index (χ4n) is 2.16. The molecule has 1 fully saturated rings. The third-order valence-electron chi connectivity index (χ3n) is 2.94. The maximum atomic E-state index is 11.7. The molecular weight excluding hydrogens is 206 g/mol. The van der Waals surface area contributed by atoms with Crippen LogP contribution in [0.25, 0.3) is 0 Å². The number of rotatable bonds is 1. The molecule has 0 radical (unpaired) electrons. The van der Waals surface area contributed by atoms with Gasteiger partial charge in [-0.15, -0.1) is 0 Å². The van der Waals surface area contributed by atoms with Crippen molar-refractivity contribution in [3.63, 3.8) is 0 Å². The summed E-state index contributed by atoms with van der Waals surface area (Å²) >= 11 is 0. The number of nitrogens with zero attached hydrogens (tertiary/aromatic N) is 1. The van der Waals surface area contributed by atoms with Gasteiger partial charge in [-0.1, -0.05) is 35.5 Å². The van der Waals surface area contributed by atoms with Crippen LogP contribution in [0.1, 0.15) is 12.0 Å². The monoisotopic (exact) mass is 215 g/mol. The Labute approximate surface area is 91.9 Å². The number of carbonyl (C=O) groups excluding carboxylic acids is 2. The molecule has 80 valence electrons. The predicted molar refractivity (Wildman–Crippen MR) is 56.0 cm³/mol. The van der Waals surface area contributed by atoms with E-state index in [2.05, 4.69) is 5.16 Å². The van der Waals surface area contributed by atoms with Crippen molar-refractivity contribution in [1.29, 1.82) is 0 Å². The second-order valence-electron chi connectivity index (χ2n) is 3.96. The molecule has 0 amide bonds. The third kappa shape index (κ3) is 1.19. The zero-order valence-corrected chi connectivity index (χ0v) is 8.42. The zero-order valence-electron chi connectivity index (χ0n) is 8.42. The van der Waals surface area contributed by atoms with E-state index in [1.165, 1.54) is 0 Å². The summed E-state index contributed by atoms with van der Waals surface area (Å²) in [4.78, 5) is 28.1. The molecule has 16 heavy (non-hydrogen) atoms. The summed E-state index contributed by atoms with van der Waals surface area (Å²) in [7, 11) is 0. The fraction of sp³-hybridized carbons (Fsp3) is 0.250. The van der Waals surface area contributed by atoms with Gasteiger partial charge in [-0.25, -0.2) is 0 Å². The lowest BCUT2D eigenvalue weighted by molar-refractivity contribution is -0.127. The highest BCUT2D eigenvalue weighted by atomic mass is 16.6. The molecule has 0 aromatic heterocycles. The minimum Gasteiger partial charge on any atom is -0.383 e. The Hall–Kier alpha value is -1.97. The van der Waals surface area contributed by atoms with E-state index in [1.807, 2.05) is 30.3 Å². The first kappa shape index (κ1) is 9.27. The lowest BCUT2D eigenvalue weighted by Crippen LogP contribution is -2.26. The van der Waals surface area contributed by atoms with E-state index in [0.29, 0.717) is 5.71 Å². The molecule has 1 aliphatic heterocycles. The molecule has 0 N–H and O–H groups in total. The number of hydrogen-bond donors (Lipinski definition) is 0. The molecule has 1 aliphatic carbocycles. The number of oxime groups is 1. The number of Topliss-reactive ketones (excluding diaryl/α,β-unsaturated/α-hetero) is 2. The van der Waals surface area contributed by atoms with Crippen LogP contribution >= 0.6 is 0 Å². The predicted octanol–water partition coefficient (Wildman–Crippen LogP) is 0.948. The van der Waals surface area contributed by atoms with Crippen LogP contribution < -0.4 is 0 Å². The van der Waals surface area contributed by atoms with E-state index in [0.717, 1.165) is 5.56 Å². The molecule has 4 nitrogen and oxygen atoms in total. The molecule has 2 unspecified atom stereocenters. The second kappa shape index (κ2) is 3.27. The maximum absolute atomic E-state index is 11.7. The van der Waals surface area contributed by atoms with Gasteiger partial charge in [-0.05, 0) is 0 Å². The Morgan fingerprint density at radius 2 is 1.88 bits per heavy atom. The van der Waals surface area contributed by atoms with Crippen LogP contribution in [0.3, 0.4) is 0 Å². The average Bonchev–Trinajstić information content (AvgIpc) is 2.84. The molecule has 1 aromatic carbocycles. The Morgan fingerprint density at radius 3 is 2.62 bits per heavy atom. The van der Waals surface area contributed by atoms with Crippen molar-refractivity contribution in [1.82, 2.24) is 0 Å². The molecular formula is C12H9NO3. The molecule has 2 atom stereocenters. The normalized spacial score (nSPS) is 27.6. The molecule has 2 aliphatic rings. The summed E-state index contributed by atoms with van der Waals surface area (Å²) in [5, 5.41) is 3.87. The molecule has 0 saturated heterocycles. The minimum atomic E-state index is -0.678. The molecule has 1 saturated carbocycles. The molecule has 1 heterocycles. The number of fused-ring (bicyclic) bond motifs is 1. The van der Waals surface area contributed by atoms with Crippen molar-refractivity contribution in [2.45, 2.75) is 12.5 Å². The highest BCUT2D eigenvalue weighted by Gasteiger charge is 2.50. The SMILES string of the molecule is O=C1CC(=O)C2C(c3ccccc3)=NOC12. The van der Waals surface area contributed by atoms with E-state index >= 15 is 0 Å². The minimum absolute atomic E-state index is 0.0266. The Bertz CT molecular complexity index is 492. The summed E-state index contributed by atoms with van der Waals surface area (Å²) in [6.45, 7) is 0. The first-order chi connectivity index (χ1) is 7.77. The fourth-order valence-corrected chi connectivity index (χ4v) is 2.16. The number of hydrogen-bond acceptors (Lipinski definition) is 4. The summed E-state index contributed by atoms with van der Waals surface area (Å²) in [6.07, 6.45) is -0.705. The largest absolute Gasteiger partial charge is 0.383 e. The van der Waals surface area contributed by atoms with E-state index in [1.54, 1.807) is 0 Å². The van der Waals surface area contributed by atoms with Crippen molar-refractivity contribution in [3.05, 3.63) is 35.9 Å². The molecule has 1 aromatic rings. The highest BCUT2D eigenvalue weighted by molar-refractivity contribution is 6.24. The summed E-state index contributed by atoms with van der Waals surface area (Å²) in [6, 6.07) is 9.35. The number of ketones is 2. The third-order valence-corrected chi connectivity index (χ3v) is 2.94. The summed E-state index contributed by atoms with van der Waals surface area (Å²) in [5.41, 5.74) is 1.43. The summed E-state index contributed by atoms with van der Waals surface area (Å²) in [5.74, 6) is -0.741. The van der Waals surface area contributed by atoms with Crippen LogP contribution in [0.5, 0.6) is 0 Å². The van der Waals surface area contributed by atoms with Gasteiger partial charge in [0.05, 0.1) is 6.42 Å². The zero-order chi connectivity index (χ0) is 11.1. The van der Waals surface area contributed by atoms with Gasteiger partial charge in [-0.3, -0.25) is 9.59 Å².